The van der Waals surface area contributed by atoms with E-state index >= 15 is 0 Å². The number of para-hydroxylation sites is 1. The van der Waals surface area contributed by atoms with Crippen molar-refractivity contribution in [1.29, 1.82) is 0 Å². The minimum atomic E-state index is -0.496. The molecule has 272 valence electrons. The Hall–Kier alpha value is -6.96. The zero-order valence-corrected chi connectivity index (χ0v) is 32.3. The Balaban J connectivity index is 1.18. The molecule has 0 bridgehead atoms. The Bertz CT molecular complexity index is 2800. The number of hydrogen-bond acceptors (Lipinski definition) is 1. The number of rotatable bonds is 8. The average Bonchev–Trinajstić information content (AvgIpc) is 3.58. The first-order valence-electron chi connectivity index (χ1n) is 20.0. The van der Waals surface area contributed by atoms with E-state index in [0.29, 0.717) is 5.92 Å². The van der Waals surface area contributed by atoms with Gasteiger partial charge in [0, 0.05) is 17.1 Å². The van der Waals surface area contributed by atoms with E-state index in [0.717, 1.165) is 17.1 Å². The van der Waals surface area contributed by atoms with Gasteiger partial charge in [0.05, 0.1) is 5.41 Å². The van der Waals surface area contributed by atoms with Crippen molar-refractivity contribution >= 4 is 27.8 Å². The number of hydrogen-bond donors (Lipinski definition) is 0. The molecule has 0 saturated carbocycles. The second-order valence-corrected chi connectivity index (χ2v) is 15.4. The van der Waals surface area contributed by atoms with Gasteiger partial charge in [-0.25, -0.2) is 0 Å². The minimum absolute atomic E-state index is 0.374. The lowest BCUT2D eigenvalue weighted by Crippen LogP contribution is -2.28. The Morgan fingerprint density at radius 3 is 1.61 bits per heavy atom. The number of anilines is 3. The molecule has 57 heavy (non-hydrogen) atoms. The molecule has 0 spiro atoms. The minimum Gasteiger partial charge on any atom is -0.310 e. The average molecular weight is 730 g/mol. The van der Waals surface area contributed by atoms with Crippen LogP contribution in [-0.4, -0.2) is 0 Å². The molecule has 0 heterocycles. The largest absolute Gasteiger partial charge is 0.310 e. The molecule has 0 aromatic heterocycles. The van der Waals surface area contributed by atoms with Crippen molar-refractivity contribution in [2.24, 2.45) is 0 Å². The smallest absolute Gasteiger partial charge is 0.0714 e. The molecule has 0 unspecified atom stereocenters. The maximum atomic E-state index is 2.47. The van der Waals surface area contributed by atoms with Crippen molar-refractivity contribution in [3.8, 4) is 33.4 Å². The maximum Gasteiger partial charge on any atom is 0.0714 e. The van der Waals surface area contributed by atoms with Gasteiger partial charge in [0.1, 0.15) is 0 Å². The quantitative estimate of drug-likeness (QED) is 0.151. The summed E-state index contributed by atoms with van der Waals surface area (Å²) in [4.78, 5) is 2.41. The van der Waals surface area contributed by atoms with E-state index in [1.165, 1.54) is 72.0 Å². The van der Waals surface area contributed by atoms with Gasteiger partial charge in [0.15, 0.2) is 0 Å². The van der Waals surface area contributed by atoms with Crippen molar-refractivity contribution in [3.05, 3.63) is 246 Å². The fourth-order valence-electron chi connectivity index (χ4n) is 9.42. The highest BCUT2D eigenvalue weighted by Crippen LogP contribution is 2.58. The molecule has 0 saturated heterocycles. The highest BCUT2D eigenvalue weighted by molar-refractivity contribution is 6.04. The van der Waals surface area contributed by atoms with Crippen LogP contribution in [0.5, 0.6) is 0 Å². The molecule has 0 amide bonds. The van der Waals surface area contributed by atoms with Crippen LogP contribution < -0.4 is 4.90 Å². The molecule has 0 atom stereocenters. The van der Waals surface area contributed by atoms with Crippen LogP contribution in [0.3, 0.4) is 0 Å². The van der Waals surface area contributed by atoms with E-state index in [2.05, 4.69) is 237 Å². The van der Waals surface area contributed by atoms with Crippen molar-refractivity contribution in [3.63, 3.8) is 0 Å². The molecule has 0 N–H and O–H groups in total. The number of nitrogens with zero attached hydrogens (tertiary/aromatic N) is 1. The third kappa shape index (κ3) is 5.69. The molecule has 10 rings (SSSR count). The maximum absolute atomic E-state index is 2.47. The first-order valence-corrected chi connectivity index (χ1v) is 20.0. The second-order valence-electron chi connectivity index (χ2n) is 15.4. The van der Waals surface area contributed by atoms with Gasteiger partial charge >= 0.3 is 0 Å². The zero-order valence-electron chi connectivity index (χ0n) is 32.3. The summed E-state index contributed by atoms with van der Waals surface area (Å²) in [6.45, 7) is 4.63. The van der Waals surface area contributed by atoms with Crippen molar-refractivity contribution < 1.29 is 0 Å². The fraction of sp³-hybridized carbons (Fsp3) is 0.0714. The van der Waals surface area contributed by atoms with Crippen LogP contribution in [-0.2, 0) is 5.41 Å². The van der Waals surface area contributed by atoms with Crippen LogP contribution in [0.2, 0.25) is 0 Å². The third-order valence-electron chi connectivity index (χ3n) is 11.9. The lowest BCUT2D eigenvalue weighted by molar-refractivity contribution is 0.765. The molecule has 1 aliphatic rings. The van der Waals surface area contributed by atoms with Crippen LogP contribution in [0.25, 0.3) is 44.2 Å². The number of fused-ring (bicyclic) bond motifs is 4. The highest BCUT2D eigenvalue weighted by atomic mass is 15.1. The molecule has 0 aliphatic heterocycles. The summed E-state index contributed by atoms with van der Waals surface area (Å²) in [6, 6.07) is 80.3. The van der Waals surface area contributed by atoms with Crippen LogP contribution >= 0.6 is 0 Å². The van der Waals surface area contributed by atoms with E-state index in [1.807, 2.05) is 0 Å². The molecular formula is C56H43N. The molecule has 9 aromatic carbocycles. The molecule has 0 fully saturated rings. The summed E-state index contributed by atoms with van der Waals surface area (Å²) in [5.41, 5.74) is 17.0. The van der Waals surface area contributed by atoms with E-state index in [9.17, 15) is 0 Å². The predicted molar refractivity (Wildman–Crippen MR) is 241 cm³/mol. The van der Waals surface area contributed by atoms with Gasteiger partial charge in [-0.3, -0.25) is 0 Å². The number of benzene rings is 9. The Morgan fingerprint density at radius 2 is 0.947 bits per heavy atom. The lowest BCUT2D eigenvalue weighted by atomic mass is 9.67. The SMILES string of the molecule is CC(C)c1cccc2c1-c1ccc(N(c3ccccc3)c3ccc(-c4ccc5ccccc5c4-c4ccccc4)cc3)cc1C2(c1ccccc1)c1ccccc1. The summed E-state index contributed by atoms with van der Waals surface area (Å²) in [5.74, 6) is 0.374. The van der Waals surface area contributed by atoms with Gasteiger partial charge in [-0.2, -0.15) is 0 Å². The molecule has 1 aliphatic carbocycles. The van der Waals surface area contributed by atoms with Crippen molar-refractivity contribution in [1.82, 2.24) is 0 Å². The van der Waals surface area contributed by atoms with E-state index < -0.39 is 5.41 Å². The van der Waals surface area contributed by atoms with Crippen LogP contribution in [0.15, 0.2) is 218 Å². The van der Waals surface area contributed by atoms with Crippen molar-refractivity contribution in [2.45, 2.75) is 25.2 Å². The first kappa shape index (κ1) is 34.5. The summed E-state index contributed by atoms with van der Waals surface area (Å²) in [6.07, 6.45) is 0. The molecule has 9 aromatic rings. The summed E-state index contributed by atoms with van der Waals surface area (Å²) < 4.78 is 0. The van der Waals surface area contributed by atoms with E-state index in [-0.39, 0.29) is 0 Å². The third-order valence-corrected chi connectivity index (χ3v) is 11.9. The Kier molecular flexibility index (Phi) is 8.65. The molecule has 1 nitrogen and oxygen atoms in total. The second kappa shape index (κ2) is 14.3. The lowest BCUT2D eigenvalue weighted by Gasteiger charge is -2.35. The molecule has 1 heteroatoms. The fourth-order valence-corrected chi connectivity index (χ4v) is 9.42. The Labute approximate surface area is 336 Å². The zero-order chi connectivity index (χ0) is 38.3. The topological polar surface area (TPSA) is 3.24 Å². The van der Waals surface area contributed by atoms with Gasteiger partial charge in [-0.15, -0.1) is 0 Å². The Morgan fingerprint density at radius 1 is 0.386 bits per heavy atom. The van der Waals surface area contributed by atoms with Crippen molar-refractivity contribution in [2.75, 3.05) is 4.90 Å². The first-order chi connectivity index (χ1) is 28.1. The van der Waals surface area contributed by atoms with Gasteiger partial charge < -0.3 is 4.90 Å². The van der Waals surface area contributed by atoms with Gasteiger partial charge in [-0.1, -0.05) is 196 Å². The molecular weight excluding hydrogens is 687 g/mol. The van der Waals surface area contributed by atoms with Crippen LogP contribution in [0, 0.1) is 0 Å². The predicted octanol–water partition coefficient (Wildman–Crippen LogP) is 15.1. The van der Waals surface area contributed by atoms with Gasteiger partial charge in [0.25, 0.3) is 0 Å². The van der Waals surface area contributed by atoms with Gasteiger partial charge in [0.2, 0.25) is 0 Å². The summed E-state index contributed by atoms with van der Waals surface area (Å²) >= 11 is 0. The molecule has 0 radical (unpaired) electrons. The normalized spacial score (nSPS) is 12.7. The summed E-state index contributed by atoms with van der Waals surface area (Å²) in [5, 5.41) is 2.50. The van der Waals surface area contributed by atoms with E-state index in [4.69, 9.17) is 0 Å². The highest BCUT2D eigenvalue weighted by Gasteiger charge is 2.47. The van der Waals surface area contributed by atoms with Gasteiger partial charge in [-0.05, 0) is 114 Å². The standard InChI is InChI=1S/C56H43N/c1-39(2)48-28-17-29-52-55(48)51-37-35-47(38-53(51)56(52,43-21-9-4-10-22-43)44-23-11-5-12-24-44)57(45-25-13-6-14-26-45)46-33-30-41(31-34-46)50-36-32-40-18-15-16-27-49(40)54(50)42-19-7-3-8-20-42/h3-39H,1-2H3. The van der Waals surface area contributed by atoms with Crippen LogP contribution in [0.1, 0.15) is 47.6 Å². The van der Waals surface area contributed by atoms with Crippen LogP contribution in [0.4, 0.5) is 17.1 Å². The summed E-state index contributed by atoms with van der Waals surface area (Å²) in [7, 11) is 0. The monoisotopic (exact) mass is 729 g/mol. The van der Waals surface area contributed by atoms with E-state index in [1.54, 1.807) is 0 Å².